The van der Waals surface area contributed by atoms with Gasteiger partial charge in [0.05, 0.1) is 6.54 Å². The van der Waals surface area contributed by atoms with E-state index in [9.17, 15) is 4.39 Å². The van der Waals surface area contributed by atoms with Gasteiger partial charge in [0, 0.05) is 23.5 Å². The molecule has 0 fully saturated rings. The van der Waals surface area contributed by atoms with Crippen molar-refractivity contribution in [3.05, 3.63) is 53.6 Å². The van der Waals surface area contributed by atoms with Gasteiger partial charge < -0.3 is 5.11 Å². The van der Waals surface area contributed by atoms with E-state index in [1.54, 1.807) is 35.3 Å². The number of aliphatic hydroxyl groups excluding tert-OH is 1. The first-order chi connectivity index (χ1) is 8.29. The van der Waals surface area contributed by atoms with E-state index in [1.165, 1.54) is 6.07 Å². The molecule has 1 aromatic carbocycles. The van der Waals surface area contributed by atoms with Crippen LogP contribution in [0.3, 0.4) is 0 Å². The van der Waals surface area contributed by atoms with Crippen LogP contribution in [0.5, 0.6) is 0 Å². The molecule has 0 bridgehead atoms. The van der Waals surface area contributed by atoms with Gasteiger partial charge in [0.25, 0.3) is 0 Å². The van der Waals surface area contributed by atoms with Gasteiger partial charge in [-0.15, -0.1) is 0 Å². The van der Waals surface area contributed by atoms with Crippen LogP contribution in [0.1, 0.15) is 11.1 Å². The highest BCUT2D eigenvalue weighted by atomic mass is 19.1. The van der Waals surface area contributed by atoms with Gasteiger partial charge in [0.1, 0.15) is 12.4 Å². The zero-order valence-corrected chi connectivity index (χ0v) is 9.10. The Morgan fingerprint density at radius 3 is 2.94 bits per heavy atom. The summed E-state index contributed by atoms with van der Waals surface area (Å²) in [5, 5.41) is 12.6. The summed E-state index contributed by atoms with van der Waals surface area (Å²) in [4.78, 5) is 0. The van der Waals surface area contributed by atoms with Crippen molar-refractivity contribution in [1.29, 1.82) is 0 Å². The molecule has 17 heavy (non-hydrogen) atoms. The van der Waals surface area contributed by atoms with Crippen LogP contribution in [0, 0.1) is 17.7 Å². The van der Waals surface area contributed by atoms with E-state index in [4.69, 9.17) is 5.11 Å². The average Bonchev–Trinajstić information content (AvgIpc) is 2.82. The van der Waals surface area contributed by atoms with Crippen molar-refractivity contribution < 1.29 is 9.50 Å². The molecule has 3 nitrogen and oxygen atoms in total. The molecule has 1 heterocycles. The lowest BCUT2D eigenvalue weighted by molar-refractivity contribution is 0.350. The maximum atomic E-state index is 13.7. The third-order valence-corrected chi connectivity index (χ3v) is 2.26. The summed E-state index contributed by atoms with van der Waals surface area (Å²) in [6.07, 6.45) is 3.43. The molecule has 0 saturated heterocycles. The average molecular weight is 230 g/mol. The monoisotopic (exact) mass is 230 g/mol. The fourth-order valence-electron chi connectivity index (χ4n) is 1.46. The molecule has 86 valence electrons. The van der Waals surface area contributed by atoms with Gasteiger partial charge in [-0.05, 0) is 18.2 Å². The molecule has 0 saturated carbocycles. The summed E-state index contributed by atoms with van der Waals surface area (Å²) >= 11 is 0. The van der Waals surface area contributed by atoms with Crippen molar-refractivity contribution in [1.82, 2.24) is 9.78 Å². The molecule has 0 amide bonds. The second kappa shape index (κ2) is 5.28. The first-order valence-corrected chi connectivity index (χ1v) is 5.15. The maximum Gasteiger partial charge on any atom is 0.129 e. The van der Waals surface area contributed by atoms with Crippen molar-refractivity contribution in [3.63, 3.8) is 0 Å². The standard InChI is InChI=1S/C13H11FN2O/c14-13-9-11(3-1-8-17)4-5-12(13)10-16-7-2-6-15-16/h2,4-7,9,17H,8,10H2. The summed E-state index contributed by atoms with van der Waals surface area (Å²) in [6.45, 7) is 0.170. The van der Waals surface area contributed by atoms with Crippen LogP contribution >= 0.6 is 0 Å². The van der Waals surface area contributed by atoms with Gasteiger partial charge in [0.15, 0.2) is 0 Å². The lowest BCUT2D eigenvalue weighted by Crippen LogP contribution is -2.02. The number of hydrogen-bond donors (Lipinski definition) is 1. The molecule has 0 spiro atoms. The van der Waals surface area contributed by atoms with Crippen LogP contribution in [0.2, 0.25) is 0 Å². The second-order valence-corrected chi connectivity index (χ2v) is 3.47. The smallest absolute Gasteiger partial charge is 0.129 e. The minimum atomic E-state index is -0.315. The summed E-state index contributed by atoms with van der Waals surface area (Å²) < 4.78 is 15.3. The van der Waals surface area contributed by atoms with Gasteiger partial charge in [-0.3, -0.25) is 4.68 Å². The molecule has 2 aromatic rings. The predicted octanol–water partition coefficient (Wildman–Crippen LogP) is 1.41. The van der Waals surface area contributed by atoms with E-state index in [0.717, 1.165) is 0 Å². The Labute approximate surface area is 98.5 Å². The molecule has 0 radical (unpaired) electrons. The Kier molecular flexibility index (Phi) is 3.53. The third kappa shape index (κ3) is 2.92. The number of hydrogen-bond acceptors (Lipinski definition) is 2. The molecule has 0 aliphatic carbocycles. The van der Waals surface area contributed by atoms with Crippen molar-refractivity contribution in [2.24, 2.45) is 0 Å². The lowest BCUT2D eigenvalue weighted by Gasteiger charge is -2.03. The number of aliphatic hydroxyl groups is 1. The Morgan fingerprint density at radius 1 is 1.41 bits per heavy atom. The largest absolute Gasteiger partial charge is 0.384 e. The SMILES string of the molecule is OCC#Cc1ccc(Cn2cccn2)c(F)c1. The Morgan fingerprint density at radius 2 is 2.29 bits per heavy atom. The zero-order chi connectivity index (χ0) is 12.1. The van der Waals surface area contributed by atoms with Crippen LogP contribution in [0.25, 0.3) is 0 Å². The molecule has 0 unspecified atom stereocenters. The Hall–Kier alpha value is -2.12. The number of halogens is 1. The first-order valence-electron chi connectivity index (χ1n) is 5.15. The summed E-state index contributed by atoms with van der Waals surface area (Å²) in [5.74, 6) is 4.82. The van der Waals surface area contributed by atoms with Crippen molar-refractivity contribution >= 4 is 0 Å². The van der Waals surface area contributed by atoms with Crippen LogP contribution in [0.4, 0.5) is 4.39 Å². The van der Waals surface area contributed by atoms with E-state index in [1.807, 2.05) is 0 Å². The second-order valence-electron chi connectivity index (χ2n) is 3.47. The highest BCUT2D eigenvalue weighted by Gasteiger charge is 2.03. The van der Waals surface area contributed by atoms with Gasteiger partial charge in [0.2, 0.25) is 0 Å². The Bertz CT molecular complexity index is 553. The summed E-state index contributed by atoms with van der Waals surface area (Å²) in [5.41, 5.74) is 1.11. The van der Waals surface area contributed by atoms with E-state index < -0.39 is 0 Å². The molecule has 0 atom stereocenters. The minimum Gasteiger partial charge on any atom is -0.384 e. The molecule has 0 aliphatic heterocycles. The van der Waals surface area contributed by atoms with Gasteiger partial charge in [-0.2, -0.15) is 5.10 Å². The lowest BCUT2D eigenvalue weighted by atomic mass is 10.1. The summed E-state index contributed by atoms with van der Waals surface area (Å²) in [7, 11) is 0. The van der Waals surface area contributed by atoms with Crippen LogP contribution < -0.4 is 0 Å². The molecule has 1 N–H and O–H groups in total. The highest BCUT2D eigenvalue weighted by Crippen LogP contribution is 2.11. The normalized spacial score (nSPS) is 9.76. The zero-order valence-electron chi connectivity index (χ0n) is 9.10. The van der Waals surface area contributed by atoms with Crippen LogP contribution in [-0.2, 0) is 6.54 Å². The molecule has 1 aromatic heterocycles. The van der Waals surface area contributed by atoms with Gasteiger partial charge in [-0.1, -0.05) is 17.9 Å². The number of nitrogens with zero attached hydrogens (tertiary/aromatic N) is 2. The van der Waals surface area contributed by atoms with Crippen molar-refractivity contribution in [3.8, 4) is 11.8 Å². The van der Waals surface area contributed by atoms with Gasteiger partial charge >= 0.3 is 0 Å². The van der Waals surface area contributed by atoms with Crippen LogP contribution in [0.15, 0.2) is 36.7 Å². The van der Waals surface area contributed by atoms with Crippen molar-refractivity contribution in [2.75, 3.05) is 6.61 Å². The molecule has 0 aliphatic rings. The summed E-state index contributed by atoms with van der Waals surface area (Å²) in [6, 6.07) is 6.56. The molecular weight excluding hydrogens is 219 g/mol. The van der Waals surface area contributed by atoms with E-state index >= 15 is 0 Å². The van der Waals surface area contributed by atoms with E-state index in [0.29, 0.717) is 17.7 Å². The Balaban J connectivity index is 2.20. The van der Waals surface area contributed by atoms with Crippen LogP contribution in [-0.4, -0.2) is 21.5 Å². The fraction of sp³-hybridized carbons (Fsp3) is 0.154. The number of rotatable bonds is 2. The molecular formula is C13H11FN2O. The number of aromatic nitrogens is 2. The molecule has 2 rings (SSSR count). The predicted molar refractivity (Wildman–Crippen MR) is 61.7 cm³/mol. The van der Waals surface area contributed by atoms with E-state index in [-0.39, 0.29) is 12.4 Å². The highest BCUT2D eigenvalue weighted by molar-refractivity contribution is 5.37. The molecule has 4 heteroatoms. The third-order valence-electron chi connectivity index (χ3n) is 2.26. The van der Waals surface area contributed by atoms with E-state index in [2.05, 4.69) is 16.9 Å². The van der Waals surface area contributed by atoms with Gasteiger partial charge in [-0.25, -0.2) is 4.39 Å². The first kappa shape index (κ1) is 11.4. The quantitative estimate of drug-likeness (QED) is 0.792. The fourth-order valence-corrected chi connectivity index (χ4v) is 1.46. The maximum absolute atomic E-state index is 13.7. The topological polar surface area (TPSA) is 38.0 Å². The van der Waals surface area contributed by atoms with Crippen molar-refractivity contribution in [2.45, 2.75) is 6.54 Å². The minimum absolute atomic E-state index is 0.226. The number of benzene rings is 1.